The lowest BCUT2D eigenvalue weighted by Gasteiger charge is -2.35. The number of nitrogens with zero attached hydrogens (tertiary/aromatic N) is 3. The van der Waals surface area contributed by atoms with Crippen molar-refractivity contribution in [3.63, 3.8) is 0 Å². The van der Waals surface area contributed by atoms with Crippen LogP contribution in [0.1, 0.15) is 45.4 Å². The van der Waals surface area contributed by atoms with Gasteiger partial charge in [0.05, 0.1) is 0 Å². The molecular formula is C16H26N4. The lowest BCUT2D eigenvalue weighted by Crippen LogP contribution is -2.50. The van der Waals surface area contributed by atoms with Crippen LogP contribution in [-0.2, 0) is 0 Å². The Bertz CT molecular complexity index is 408. The minimum absolute atomic E-state index is 0.602. The van der Waals surface area contributed by atoms with Crippen molar-refractivity contribution in [3.8, 4) is 0 Å². The van der Waals surface area contributed by atoms with Gasteiger partial charge >= 0.3 is 0 Å². The highest BCUT2D eigenvalue weighted by molar-refractivity contribution is 5.29. The van der Waals surface area contributed by atoms with Gasteiger partial charge in [-0.2, -0.15) is 0 Å². The van der Waals surface area contributed by atoms with Gasteiger partial charge in [-0.3, -0.25) is 0 Å². The van der Waals surface area contributed by atoms with Crippen LogP contribution in [0.5, 0.6) is 0 Å². The smallest absolute Gasteiger partial charge is 0.225 e. The van der Waals surface area contributed by atoms with Crippen LogP contribution in [0.2, 0.25) is 0 Å². The third-order valence-corrected chi connectivity index (χ3v) is 4.89. The molecule has 0 spiro atoms. The number of anilines is 1. The fraction of sp³-hybridized carbons (Fsp3) is 0.750. The van der Waals surface area contributed by atoms with E-state index in [-0.39, 0.29) is 0 Å². The normalized spacial score (nSPS) is 30.6. The number of rotatable bonds is 4. The molecule has 3 rings (SSSR count). The monoisotopic (exact) mass is 274 g/mol. The lowest BCUT2D eigenvalue weighted by molar-refractivity contribution is 0.319. The maximum Gasteiger partial charge on any atom is 0.225 e. The molecule has 0 amide bonds. The minimum Gasteiger partial charge on any atom is -0.339 e. The Morgan fingerprint density at radius 3 is 2.85 bits per heavy atom. The maximum atomic E-state index is 4.39. The van der Waals surface area contributed by atoms with Gasteiger partial charge < -0.3 is 10.2 Å². The molecule has 20 heavy (non-hydrogen) atoms. The lowest BCUT2D eigenvalue weighted by atomic mass is 9.98. The van der Waals surface area contributed by atoms with Crippen LogP contribution in [0.3, 0.4) is 0 Å². The molecule has 1 aromatic rings. The summed E-state index contributed by atoms with van der Waals surface area (Å²) in [5, 5.41) is 3.92. The summed E-state index contributed by atoms with van der Waals surface area (Å²) >= 11 is 0. The van der Waals surface area contributed by atoms with Crippen LogP contribution in [0.25, 0.3) is 0 Å². The largest absolute Gasteiger partial charge is 0.339 e. The quantitative estimate of drug-likeness (QED) is 0.916. The second kappa shape index (κ2) is 6.53. The van der Waals surface area contributed by atoms with Crippen LogP contribution >= 0.6 is 0 Å². The second-order valence-electron chi connectivity index (χ2n) is 6.21. The molecule has 110 valence electrons. The molecule has 2 fully saturated rings. The van der Waals surface area contributed by atoms with Crippen molar-refractivity contribution in [3.05, 3.63) is 18.5 Å². The van der Waals surface area contributed by atoms with Crippen molar-refractivity contribution in [2.45, 2.75) is 57.5 Å². The first-order valence-corrected chi connectivity index (χ1v) is 8.15. The van der Waals surface area contributed by atoms with E-state index < -0.39 is 0 Å². The van der Waals surface area contributed by atoms with Crippen molar-refractivity contribution in [2.75, 3.05) is 18.0 Å². The van der Waals surface area contributed by atoms with Gasteiger partial charge in [0.2, 0.25) is 5.95 Å². The summed E-state index contributed by atoms with van der Waals surface area (Å²) in [7, 11) is 0. The molecule has 2 heterocycles. The van der Waals surface area contributed by atoms with Crippen molar-refractivity contribution < 1.29 is 0 Å². The molecule has 1 aliphatic heterocycles. The molecule has 1 aliphatic carbocycles. The summed E-state index contributed by atoms with van der Waals surface area (Å²) in [6, 6.07) is 3.22. The van der Waals surface area contributed by atoms with Gasteiger partial charge in [-0.15, -0.1) is 0 Å². The van der Waals surface area contributed by atoms with E-state index in [1.165, 1.54) is 38.5 Å². The second-order valence-corrected chi connectivity index (χ2v) is 6.21. The molecule has 3 atom stereocenters. The van der Waals surface area contributed by atoms with Crippen molar-refractivity contribution in [1.29, 1.82) is 0 Å². The molecule has 4 heteroatoms. The summed E-state index contributed by atoms with van der Waals surface area (Å²) < 4.78 is 0. The number of hydrogen-bond donors (Lipinski definition) is 1. The van der Waals surface area contributed by atoms with Gasteiger partial charge in [0, 0.05) is 37.6 Å². The maximum absolute atomic E-state index is 4.39. The summed E-state index contributed by atoms with van der Waals surface area (Å²) in [5.41, 5.74) is 0. The minimum atomic E-state index is 0.602. The van der Waals surface area contributed by atoms with E-state index in [9.17, 15) is 0 Å². The van der Waals surface area contributed by atoms with E-state index in [4.69, 9.17) is 0 Å². The van der Waals surface area contributed by atoms with Gasteiger partial charge in [-0.1, -0.05) is 19.8 Å². The van der Waals surface area contributed by atoms with Gasteiger partial charge in [0.1, 0.15) is 0 Å². The van der Waals surface area contributed by atoms with Gasteiger partial charge in [-0.05, 0) is 37.7 Å². The number of hydrogen-bond acceptors (Lipinski definition) is 4. The van der Waals surface area contributed by atoms with Crippen LogP contribution in [-0.4, -0.2) is 35.1 Å². The molecule has 0 bridgehead atoms. The van der Waals surface area contributed by atoms with Crippen LogP contribution in [0.15, 0.2) is 18.5 Å². The summed E-state index contributed by atoms with van der Waals surface area (Å²) in [6.45, 7) is 4.47. The van der Waals surface area contributed by atoms with Crippen LogP contribution in [0.4, 0.5) is 5.95 Å². The standard InChI is InChI=1S/C16H26N4/c1-2-13-6-3-8-15(13)19-14-7-4-11-20(12-14)16-17-9-5-10-18-16/h5,9-10,13-15,19H,2-4,6-8,11-12H2,1H3. The van der Waals surface area contributed by atoms with Crippen molar-refractivity contribution in [1.82, 2.24) is 15.3 Å². The highest BCUT2D eigenvalue weighted by Crippen LogP contribution is 2.29. The Labute approximate surface area is 122 Å². The molecule has 0 radical (unpaired) electrons. The molecule has 1 aromatic heterocycles. The average Bonchev–Trinajstić information content (AvgIpc) is 2.96. The summed E-state index contributed by atoms with van der Waals surface area (Å²) in [4.78, 5) is 11.1. The van der Waals surface area contributed by atoms with Crippen molar-refractivity contribution in [2.24, 2.45) is 5.92 Å². The zero-order valence-electron chi connectivity index (χ0n) is 12.5. The topological polar surface area (TPSA) is 41.0 Å². The number of piperidine rings is 1. The Morgan fingerprint density at radius 1 is 1.20 bits per heavy atom. The third-order valence-electron chi connectivity index (χ3n) is 4.89. The zero-order chi connectivity index (χ0) is 13.8. The van der Waals surface area contributed by atoms with Crippen LogP contribution in [0, 0.1) is 5.92 Å². The third kappa shape index (κ3) is 3.11. The van der Waals surface area contributed by atoms with Gasteiger partial charge in [-0.25, -0.2) is 9.97 Å². The SMILES string of the molecule is CCC1CCCC1NC1CCCN(c2ncccn2)C1. The molecule has 1 N–H and O–H groups in total. The summed E-state index contributed by atoms with van der Waals surface area (Å²) in [6.07, 6.45) is 11.7. The highest BCUT2D eigenvalue weighted by atomic mass is 15.3. The van der Waals surface area contributed by atoms with E-state index in [0.29, 0.717) is 6.04 Å². The Morgan fingerprint density at radius 2 is 2.05 bits per heavy atom. The van der Waals surface area contributed by atoms with E-state index >= 15 is 0 Å². The Balaban J connectivity index is 1.58. The molecule has 0 aromatic carbocycles. The molecule has 2 aliphatic rings. The number of aromatic nitrogens is 2. The molecule has 1 saturated carbocycles. The van der Waals surface area contributed by atoms with Gasteiger partial charge in [0.15, 0.2) is 0 Å². The van der Waals surface area contributed by atoms with E-state index in [0.717, 1.165) is 31.0 Å². The van der Waals surface area contributed by atoms with Crippen molar-refractivity contribution >= 4 is 5.95 Å². The zero-order valence-corrected chi connectivity index (χ0v) is 12.5. The predicted molar refractivity (Wildman–Crippen MR) is 81.8 cm³/mol. The molecule has 1 saturated heterocycles. The summed E-state index contributed by atoms with van der Waals surface area (Å²) in [5.74, 6) is 1.77. The first-order valence-electron chi connectivity index (χ1n) is 8.15. The Kier molecular flexibility index (Phi) is 4.51. The number of nitrogens with one attached hydrogen (secondary N) is 1. The molecular weight excluding hydrogens is 248 g/mol. The van der Waals surface area contributed by atoms with Gasteiger partial charge in [0.25, 0.3) is 0 Å². The average molecular weight is 274 g/mol. The molecule has 3 unspecified atom stereocenters. The van der Waals surface area contributed by atoms with Crippen LogP contribution < -0.4 is 10.2 Å². The fourth-order valence-electron chi connectivity index (χ4n) is 3.80. The molecule has 4 nitrogen and oxygen atoms in total. The highest BCUT2D eigenvalue weighted by Gasteiger charge is 2.29. The van der Waals surface area contributed by atoms with E-state index in [1.807, 2.05) is 18.5 Å². The van der Waals surface area contributed by atoms with E-state index in [2.05, 4.69) is 27.1 Å². The first-order chi connectivity index (χ1) is 9.86. The van der Waals surface area contributed by atoms with E-state index in [1.54, 1.807) is 0 Å². The fourth-order valence-corrected chi connectivity index (χ4v) is 3.80. The first kappa shape index (κ1) is 13.8. The predicted octanol–water partition coefficient (Wildman–Crippen LogP) is 2.61. The Hall–Kier alpha value is -1.16.